The van der Waals surface area contributed by atoms with Crippen LogP contribution in [0, 0.1) is 11.8 Å². The first kappa shape index (κ1) is 14.8. The fraction of sp³-hybridized carbons (Fsp3) is 0.571. The number of urea groups is 1. The summed E-state index contributed by atoms with van der Waals surface area (Å²) >= 11 is 1.64. The number of rotatable bonds is 4. The van der Waals surface area contributed by atoms with Gasteiger partial charge in [0.15, 0.2) is 0 Å². The zero-order valence-electron chi connectivity index (χ0n) is 11.7. The van der Waals surface area contributed by atoms with Crippen molar-refractivity contribution in [2.75, 3.05) is 13.1 Å². The van der Waals surface area contributed by atoms with Crippen LogP contribution in [0.2, 0.25) is 0 Å². The molecule has 3 atom stereocenters. The van der Waals surface area contributed by atoms with Gasteiger partial charge in [-0.2, -0.15) is 11.3 Å². The van der Waals surface area contributed by atoms with Gasteiger partial charge < -0.3 is 15.3 Å². The quantitative estimate of drug-likeness (QED) is 0.893. The third kappa shape index (κ3) is 3.50. The van der Waals surface area contributed by atoms with E-state index in [0.717, 1.165) is 6.42 Å². The molecule has 0 bridgehead atoms. The summed E-state index contributed by atoms with van der Waals surface area (Å²) in [6.07, 6.45) is 0.793. The predicted octanol–water partition coefficient (Wildman–Crippen LogP) is 2.04. The van der Waals surface area contributed by atoms with Crippen molar-refractivity contribution in [3.63, 3.8) is 0 Å². The van der Waals surface area contributed by atoms with Crippen molar-refractivity contribution in [2.24, 2.45) is 11.8 Å². The topological polar surface area (TPSA) is 69.6 Å². The number of thiophene rings is 1. The molecule has 3 unspecified atom stereocenters. The maximum absolute atomic E-state index is 12.1. The molecule has 1 aromatic rings. The second-order valence-electron chi connectivity index (χ2n) is 5.51. The molecule has 2 heterocycles. The van der Waals surface area contributed by atoms with Crippen LogP contribution in [0.25, 0.3) is 0 Å². The van der Waals surface area contributed by atoms with Crippen LogP contribution in [0.4, 0.5) is 4.79 Å². The van der Waals surface area contributed by atoms with Crippen LogP contribution in [0.3, 0.4) is 0 Å². The number of amides is 2. The fourth-order valence-corrected chi connectivity index (χ4v) is 3.25. The number of nitrogens with one attached hydrogen (secondary N) is 1. The van der Waals surface area contributed by atoms with Crippen molar-refractivity contribution in [3.8, 4) is 0 Å². The molecule has 1 aliphatic heterocycles. The molecule has 0 radical (unpaired) electrons. The fourth-order valence-electron chi connectivity index (χ4n) is 2.57. The molecule has 1 aromatic heterocycles. The first-order valence-corrected chi connectivity index (χ1v) is 7.71. The van der Waals surface area contributed by atoms with Gasteiger partial charge >= 0.3 is 12.0 Å². The highest BCUT2D eigenvalue weighted by Gasteiger charge is 2.37. The number of hydrogen-bond acceptors (Lipinski definition) is 3. The van der Waals surface area contributed by atoms with E-state index >= 15 is 0 Å². The summed E-state index contributed by atoms with van der Waals surface area (Å²) in [6.45, 7) is 4.64. The lowest BCUT2D eigenvalue weighted by atomic mass is 9.99. The number of likely N-dealkylation sites (tertiary alicyclic amines) is 1. The largest absolute Gasteiger partial charge is 0.481 e. The van der Waals surface area contributed by atoms with E-state index in [4.69, 9.17) is 5.11 Å². The van der Waals surface area contributed by atoms with Gasteiger partial charge in [-0.3, -0.25) is 4.79 Å². The summed E-state index contributed by atoms with van der Waals surface area (Å²) in [5, 5.41) is 16.1. The van der Waals surface area contributed by atoms with E-state index < -0.39 is 11.9 Å². The summed E-state index contributed by atoms with van der Waals surface area (Å²) in [7, 11) is 0. The van der Waals surface area contributed by atoms with Gasteiger partial charge in [-0.15, -0.1) is 0 Å². The summed E-state index contributed by atoms with van der Waals surface area (Å²) in [6, 6.07) is 1.92. The molecule has 110 valence electrons. The molecule has 1 aliphatic rings. The minimum atomic E-state index is -0.820. The molecule has 5 nitrogen and oxygen atoms in total. The minimum Gasteiger partial charge on any atom is -0.481 e. The summed E-state index contributed by atoms with van der Waals surface area (Å²) < 4.78 is 0. The molecule has 0 saturated carbocycles. The average Bonchev–Trinajstić information content (AvgIpc) is 2.98. The van der Waals surface area contributed by atoms with Gasteiger partial charge in [0.05, 0.1) is 5.92 Å². The number of nitrogens with zero attached hydrogens (tertiary/aromatic N) is 1. The maximum Gasteiger partial charge on any atom is 0.317 e. The number of aliphatic carboxylic acids is 1. The molecule has 0 spiro atoms. The van der Waals surface area contributed by atoms with Crippen LogP contribution in [0.1, 0.15) is 19.4 Å². The molecule has 6 heteroatoms. The van der Waals surface area contributed by atoms with Gasteiger partial charge in [0.25, 0.3) is 0 Å². The van der Waals surface area contributed by atoms with Crippen molar-refractivity contribution in [1.82, 2.24) is 10.2 Å². The molecule has 1 fully saturated rings. The van der Waals surface area contributed by atoms with Gasteiger partial charge in [-0.25, -0.2) is 4.79 Å². The Hall–Kier alpha value is -1.56. The Morgan fingerprint density at radius 1 is 1.55 bits per heavy atom. The number of carboxylic acids is 1. The van der Waals surface area contributed by atoms with E-state index in [9.17, 15) is 9.59 Å². The minimum absolute atomic E-state index is 0.00503. The zero-order chi connectivity index (χ0) is 14.7. The highest BCUT2D eigenvalue weighted by atomic mass is 32.1. The molecule has 0 aliphatic carbocycles. The molecule has 1 saturated heterocycles. The second kappa shape index (κ2) is 6.26. The van der Waals surface area contributed by atoms with E-state index in [0.29, 0.717) is 13.1 Å². The molecular formula is C14H20N2O3S. The third-order valence-corrected chi connectivity index (χ3v) is 4.44. The summed E-state index contributed by atoms with van der Waals surface area (Å²) in [5.74, 6) is -1.27. The SMILES string of the molecule is CC(Cc1ccsc1)NC(=O)N1CC(C)C(C(=O)O)C1. The van der Waals surface area contributed by atoms with Gasteiger partial charge in [-0.1, -0.05) is 6.92 Å². The number of carboxylic acid groups (broad SMARTS) is 1. The van der Waals surface area contributed by atoms with Crippen molar-refractivity contribution in [2.45, 2.75) is 26.3 Å². The van der Waals surface area contributed by atoms with E-state index in [1.807, 2.05) is 25.3 Å². The second-order valence-corrected chi connectivity index (χ2v) is 6.29. The Labute approximate surface area is 122 Å². The smallest absolute Gasteiger partial charge is 0.317 e. The molecule has 0 aromatic carbocycles. The molecule has 2 amide bonds. The van der Waals surface area contributed by atoms with E-state index in [1.54, 1.807) is 16.2 Å². The molecule has 2 N–H and O–H groups in total. The lowest BCUT2D eigenvalue weighted by molar-refractivity contribution is -0.142. The van der Waals surface area contributed by atoms with Gasteiger partial charge in [0.1, 0.15) is 0 Å². The highest BCUT2D eigenvalue weighted by molar-refractivity contribution is 7.07. The zero-order valence-corrected chi connectivity index (χ0v) is 12.5. The van der Waals surface area contributed by atoms with Crippen LogP contribution in [0.15, 0.2) is 16.8 Å². The standard InChI is InChI=1S/C14H20N2O3S/c1-9-6-16(7-12(9)13(17)18)14(19)15-10(2)5-11-3-4-20-8-11/h3-4,8-10,12H,5-7H2,1-2H3,(H,15,19)(H,17,18). The van der Waals surface area contributed by atoms with Gasteiger partial charge in [-0.05, 0) is 41.7 Å². The van der Waals surface area contributed by atoms with Crippen LogP contribution in [-0.4, -0.2) is 41.1 Å². The average molecular weight is 296 g/mol. The molecule has 2 rings (SSSR count). The number of carbonyl (C=O) groups excluding carboxylic acids is 1. The first-order chi connectivity index (χ1) is 9.47. The highest BCUT2D eigenvalue weighted by Crippen LogP contribution is 2.23. The maximum atomic E-state index is 12.1. The Kier molecular flexibility index (Phi) is 4.65. The summed E-state index contributed by atoms with van der Waals surface area (Å²) in [5.41, 5.74) is 1.21. The van der Waals surface area contributed by atoms with Crippen molar-refractivity contribution < 1.29 is 14.7 Å². The van der Waals surface area contributed by atoms with Crippen LogP contribution >= 0.6 is 11.3 Å². The predicted molar refractivity (Wildman–Crippen MR) is 77.9 cm³/mol. The molecular weight excluding hydrogens is 276 g/mol. The van der Waals surface area contributed by atoms with Crippen LogP contribution in [0.5, 0.6) is 0 Å². The van der Waals surface area contributed by atoms with Crippen LogP contribution < -0.4 is 5.32 Å². The van der Waals surface area contributed by atoms with Crippen molar-refractivity contribution >= 4 is 23.3 Å². The summed E-state index contributed by atoms with van der Waals surface area (Å²) in [4.78, 5) is 24.8. The van der Waals surface area contributed by atoms with E-state index in [-0.39, 0.29) is 18.0 Å². The molecule has 20 heavy (non-hydrogen) atoms. The van der Waals surface area contributed by atoms with Crippen molar-refractivity contribution in [3.05, 3.63) is 22.4 Å². The Bertz CT molecular complexity index is 475. The Morgan fingerprint density at radius 3 is 2.85 bits per heavy atom. The van der Waals surface area contributed by atoms with E-state index in [1.165, 1.54) is 5.56 Å². The van der Waals surface area contributed by atoms with Crippen LogP contribution in [-0.2, 0) is 11.2 Å². The van der Waals surface area contributed by atoms with E-state index in [2.05, 4.69) is 10.7 Å². The first-order valence-electron chi connectivity index (χ1n) is 6.76. The third-order valence-electron chi connectivity index (χ3n) is 3.71. The Balaban J connectivity index is 1.84. The Morgan fingerprint density at radius 2 is 2.30 bits per heavy atom. The van der Waals surface area contributed by atoms with Gasteiger partial charge in [0, 0.05) is 19.1 Å². The number of hydrogen-bond donors (Lipinski definition) is 2. The normalized spacial score (nSPS) is 23.6. The number of carbonyl (C=O) groups is 2. The monoisotopic (exact) mass is 296 g/mol. The van der Waals surface area contributed by atoms with Gasteiger partial charge in [0.2, 0.25) is 0 Å². The lowest BCUT2D eigenvalue weighted by Crippen LogP contribution is -2.43. The lowest BCUT2D eigenvalue weighted by Gasteiger charge is -2.20. The van der Waals surface area contributed by atoms with Crippen molar-refractivity contribution in [1.29, 1.82) is 0 Å².